The molecule has 6 heteroatoms. The van der Waals surface area contributed by atoms with Gasteiger partial charge in [0.25, 0.3) is 5.91 Å². The van der Waals surface area contributed by atoms with Crippen LogP contribution in [0.4, 0.5) is 11.5 Å². The van der Waals surface area contributed by atoms with Crippen molar-refractivity contribution in [3.8, 4) is 0 Å². The average Bonchev–Trinajstić information content (AvgIpc) is 2.35. The molecule has 2 aromatic rings. The SMILES string of the molecule is Nc1ccc(NC(=O)c2cccc(Br)c2Cl)nc1. The Morgan fingerprint density at radius 3 is 2.78 bits per heavy atom. The van der Waals surface area contributed by atoms with E-state index in [0.29, 0.717) is 26.6 Å². The molecule has 1 heterocycles. The number of nitrogens with two attached hydrogens (primary N) is 1. The van der Waals surface area contributed by atoms with E-state index >= 15 is 0 Å². The summed E-state index contributed by atoms with van der Waals surface area (Å²) in [5.74, 6) is 0.101. The average molecular weight is 327 g/mol. The maximum atomic E-state index is 12.0. The van der Waals surface area contributed by atoms with E-state index in [1.807, 2.05) is 0 Å². The Bertz CT molecular complexity index is 586. The van der Waals surface area contributed by atoms with E-state index in [1.54, 1.807) is 30.3 Å². The second-order valence-electron chi connectivity index (χ2n) is 3.53. The van der Waals surface area contributed by atoms with Crippen LogP contribution >= 0.6 is 27.5 Å². The van der Waals surface area contributed by atoms with Crippen LogP contribution < -0.4 is 11.1 Å². The smallest absolute Gasteiger partial charge is 0.258 e. The number of nitrogens with one attached hydrogen (secondary N) is 1. The highest BCUT2D eigenvalue weighted by atomic mass is 79.9. The van der Waals surface area contributed by atoms with Crippen LogP contribution in [0.5, 0.6) is 0 Å². The van der Waals surface area contributed by atoms with Crippen molar-refractivity contribution in [2.45, 2.75) is 0 Å². The lowest BCUT2D eigenvalue weighted by Crippen LogP contribution is -2.13. The molecule has 4 nitrogen and oxygen atoms in total. The highest BCUT2D eigenvalue weighted by Gasteiger charge is 2.12. The quantitative estimate of drug-likeness (QED) is 0.889. The molecule has 0 aliphatic heterocycles. The first-order valence-electron chi connectivity index (χ1n) is 5.05. The molecule has 1 amide bonds. The predicted octanol–water partition coefficient (Wildman–Crippen LogP) is 3.33. The van der Waals surface area contributed by atoms with Crippen LogP contribution in [-0.2, 0) is 0 Å². The summed E-state index contributed by atoms with van der Waals surface area (Å²) in [5, 5.41) is 3.01. The Labute approximate surface area is 117 Å². The fraction of sp³-hybridized carbons (Fsp3) is 0. The Kier molecular flexibility index (Phi) is 3.84. The van der Waals surface area contributed by atoms with Gasteiger partial charge in [0.15, 0.2) is 0 Å². The number of hydrogen-bond donors (Lipinski definition) is 2. The Morgan fingerprint density at radius 2 is 2.11 bits per heavy atom. The number of benzene rings is 1. The van der Waals surface area contributed by atoms with Crippen molar-refractivity contribution in [2.24, 2.45) is 0 Å². The Hall–Kier alpha value is -1.59. The number of carbonyl (C=O) groups excluding carboxylic acids is 1. The number of anilines is 2. The number of rotatable bonds is 2. The maximum Gasteiger partial charge on any atom is 0.258 e. The zero-order valence-electron chi connectivity index (χ0n) is 9.15. The summed E-state index contributed by atoms with van der Waals surface area (Å²) in [7, 11) is 0. The molecule has 0 saturated heterocycles. The van der Waals surface area contributed by atoms with Crippen molar-refractivity contribution in [3.63, 3.8) is 0 Å². The molecule has 0 spiro atoms. The van der Waals surface area contributed by atoms with Gasteiger partial charge >= 0.3 is 0 Å². The van der Waals surface area contributed by atoms with E-state index in [1.165, 1.54) is 6.20 Å². The number of aromatic nitrogens is 1. The van der Waals surface area contributed by atoms with Crippen LogP contribution in [0.3, 0.4) is 0 Å². The van der Waals surface area contributed by atoms with Gasteiger partial charge in [0, 0.05) is 4.47 Å². The van der Waals surface area contributed by atoms with Crippen LogP contribution in [0.15, 0.2) is 41.0 Å². The van der Waals surface area contributed by atoms with Gasteiger partial charge in [0.05, 0.1) is 22.5 Å². The first-order valence-corrected chi connectivity index (χ1v) is 6.22. The fourth-order valence-corrected chi connectivity index (χ4v) is 1.92. The molecule has 0 saturated carbocycles. The lowest BCUT2D eigenvalue weighted by atomic mass is 10.2. The number of pyridine rings is 1. The van der Waals surface area contributed by atoms with E-state index in [9.17, 15) is 4.79 Å². The molecule has 92 valence electrons. The molecule has 2 rings (SSSR count). The minimum absolute atomic E-state index is 0.321. The minimum atomic E-state index is -0.321. The van der Waals surface area contributed by atoms with Gasteiger partial charge in [-0.05, 0) is 40.2 Å². The second kappa shape index (κ2) is 5.37. The molecule has 0 bridgehead atoms. The molecule has 0 unspecified atom stereocenters. The van der Waals surface area contributed by atoms with Crippen molar-refractivity contribution < 1.29 is 4.79 Å². The number of halogens is 2. The summed E-state index contributed by atoms with van der Waals surface area (Å²) in [6.07, 6.45) is 1.47. The Balaban J connectivity index is 2.22. The van der Waals surface area contributed by atoms with Crippen molar-refractivity contribution in [1.82, 2.24) is 4.98 Å². The van der Waals surface area contributed by atoms with Crippen LogP contribution in [0.25, 0.3) is 0 Å². The Morgan fingerprint density at radius 1 is 1.33 bits per heavy atom. The van der Waals surface area contributed by atoms with Crippen molar-refractivity contribution in [3.05, 3.63) is 51.6 Å². The molecule has 0 aliphatic carbocycles. The largest absolute Gasteiger partial charge is 0.397 e. The van der Waals surface area contributed by atoms with Gasteiger partial charge in [0.1, 0.15) is 5.82 Å². The number of nitrogens with zero attached hydrogens (tertiary/aromatic N) is 1. The van der Waals surface area contributed by atoms with Gasteiger partial charge < -0.3 is 11.1 Å². The highest BCUT2D eigenvalue weighted by molar-refractivity contribution is 9.10. The number of hydrogen-bond acceptors (Lipinski definition) is 3. The molecule has 1 aromatic heterocycles. The monoisotopic (exact) mass is 325 g/mol. The van der Waals surface area contributed by atoms with Gasteiger partial charge in [-0.25, -0.2) is 4.98 Å². The maximum absolute atomic E-state index is 12.0. The zero-order chi connectivity index (χ0) is 13.1. The normalized spacial score (nSPS) is 10.1. The minimum Gasteiger partial charge on any atom is -0.397 e. The zero-order valence-corrected chi connectivity index (χ0v) is 11.5. The van der Waals surface area contributed by atoms with Gasteiger partial charge in [-0.15, -0.1) is 0 Å². The van der Waals surface area contributed by atoms with E-state index in [-0.39, 0.29) is 5.91 Å². The summed E-state index contributed by atoms with van der Waals surface area (Å²) in [5.41, 5.74) is 6.43. The van der Waals surface area contributed by atoms with Crippen LogP contribution in [0, 0.1) is 0 Å². The first-order chi connectivity index (χ1) is 8.58. The predicted molar refractivity (Wildman–Crippen MR) is 75.8 cm³/mol. The van der Waals surface area contributed by atoms with Crippen LogP contribution in [-0.4, -0.2) is 10.9 Å². The van der Waals surface area contributed by atoms with E-state index in [4.69, 9.17) is 17.3 Å². The van der Waals surface area contributed by atoms with Crippen molar-refractivity contribution in [1.29, 1.82) is 0 Å². The van der Waals surface area contributed by atoms with Crippen LogP contribution in [0.2, 0.25) is 5.02 Å². The third kappa shape index (κ3) is 2.80. The van der Waals surface area contributed by atoms with Gasteiger partial charge in [0.2, 0.25) is 0 Å². The van der Waals surface area contributed by atoms with Crippen molar-refractivity contribution >= 4 is 44.9 Å². The summed E-state index contributed by atoms with van der Waals surface area (Å²) < 4.78 is 0.669. The standard InChI is InChI=1S/C12H9BrClN3O/c13-9-3-1-2-8(11(9)14)12(18)17-10-5-4-7(15)6-16-10/h1-6H,15H2,(H,16,17,18). The topological polar surface area (TPSA) is 68.0 Å². The van der Waals surface area contributed by atoms with Crippen LogP contribution in [0.1, 0.15) is 10.4 Å². The lowest BCUT2D eigenvalue weighted by Gasteiger charge is -2.07. The van der Waals surface area contributed by atoms with E-state index < -0.39 is 0 Å². The molecule has 0 radical (unpaired) electrons. The molecule has 0 aliphatic rings. The second-order valence-corrected chi connectivity index (χ2v) is 4.76. The number of amides is 1. The van der Waals surface area contributed by atoms with Gasteiger partial charge in [-0.3, -0.25) is 4.79 Å². The highest BCUT2D eigenvalue weighted by Crippen LogP contribution is 2.26. The van der Waals surface area contributed by atoms with Gasteiger partial charge in [-0.2, -0.15) is 0 Å². The summed E-state index contributed by atoms with van der Waals surface area (Å²) in [6.45, 7) is 0. The van der Waals surface area contributed by atoms with E-state index in [0.717, 1.165) is 0 Å². The molecule has 3 N–H and O–H groups in total. The molecule has 18 heavy (non-hydrogen) atoms. The van der Waals surface area contributed by atoms with Gasteiger partial charge in [-0.1, -0.05) is 17.7 Å². The molecule has 0 fully saturated rings. The summed E-state index contributed by atoms with van der Waals surface area (Å²) >= 11 is 9.30. The number of nitrogen functional groups attached to an aromatic ring is 1. The molecule has 0 atom stereocenters. The summed E-state index contributed by atoms with van der Waals surface area (Å²) in [6, 6.07) is 8.42. The molecular formula is C12H9BrClN3O. The molecular weight excluding hydrogens is 318 g/mol. The third-order valence-corrected chi connectivity index (χ3v) is 3.52. The fourth-order valence-electron chi connectivity index (χ4n) is 1.34. The number of carbonyl (C=O) groups is 1. The lowest BCUT2D eigenvalue weighted by molar-refractivity contribution is 0.102. The molecule has 1 aromatic carbocycles. The third-order valence-electron chi connectivity index (χ3n) is 2.22. The summed E-state index contributed by atoms with van der Waals surface area (Å²) in [4.78, 5) is 16.0. The van der Waals surface area contributed by atoms with E-state index in [2.05, 4.69) is 26.2 Å². The first kappa shape index (κ1) is 12.9. The van der Waals surface area contributed by atoms with Crippen molar-refractivity contribution in [2.75, 3.05) is 11.1 Å².